The number of furan rings is 1. The maximum absolute atomic E-state index is 11.9. The number of aryl methyl sites for hydroxylation is 1. The molecule has 3 N–H and O–H groups in total. The second-order valence-electron chi connectivity index (χ2n) is 5.93. The molecule has 20 heavy (non-hydrogen) atoms. The first-order chi connectivity index (χ1) is 9.11. The van der Waals surface area contributed by atoms with Gasteiger partial charge in [0.15, 0.2) is 0 Å². The van der Waals surface area contributed by atoms with Gasteiger partial charge in [0.25, 0.3) is 0 Å². The lowest BCUT2D eigenvalue weighted by molar-refractivity contribution is -0.141. The SMILES string of the molecule is Cc1ccc(C(C)NC(=O)NC(C(=O)O)C(C)(C)C)o1. The number of aliphatic carboxylic acids is 1. The molecule has 0 aliphatic carbocycles. The minimum absolute atomic E-state index is 0.335. The lowest BCUT2D eigenvalue weighted by atomic mass is 9.87. The number of urea groups is 1. The van der Waals surface area contributed by atoms with Crippen LogP contribution in [0.15, 0.2) is 16.5 Å². The summed E-state index contributed by atoms with van der Waals surface area (Å²) < 4.78 is 5.41. The Balaban J connectivity index is 2.65. The van der Waals surface area contributed by atoms with Gasteiger partial charge >= 0.3 is 12.0 Å². The van der Waals surface area contributed by atoms with Crippen LogP contribution in [-0.4, -0.2) is 23.1 Å². The monoisotopic (exact) mass is 282 g/mol. The summed E-state index contributed by atoms with van der Waals surface area (Å²) in [5, 5.41) is 14.3. The van der Waals surface area contributed by atoms with Crippen molar-refractivity contribution in [2.24, 2.45) is 5.41 Å². The molecule has 0 saturated carbocycles. The minimum Gasteiger partial charge on any atom is -0.480 e. The van der Waals surface area contributed by atoms with E-state index in [9.17, 15) is 9.59 Å². The molecule has 2 amide bonds. The second kappa shape index (κ2) is 5.98. The van der Waals surface area contributed by atoms with Crippen LogP contribution in [0.4, 0.5) is 4.79 Å². The van der Waals surface area contributed by atoms with Gasteiger partial charge in [0.2, 0.25) is 0 Å². The molecule has 0 aliphatic rings. The lowest BCUT2D eigenvalue weighted by Crippen LogP contribution is -2.52. The van der Waals surface area contributed by atoms with Crippen molar-refractivity contribution in [3.05, 3.63) is 23.7 Å². The molecule has 2 unspecified atom stereocenters. The zero-order chi connectivity index (χ0) is 15.5. The Kier molecular flexibility index (Phi) is 4.81. The summed E-state index contributed by atoms with van der Waals surface area (Å²) in [4.78, 5) is 23.0. The third-order valence-electron chi connectivity index (χ3n) is 2.92. The summed E-state index contributed by atoms with van der Waals surface area (Å²) in [6.45, 7) is 8.85. The Morgan fingerprint density at radius 2 is 1.85 bits per heavy atom. The molecule has 0 aromatic carbocycles. The van der Waals surface area contributed by atoms with E-state index in [1.807, 2.05) is 6.92 Å². The Morgan fingerprint density at radius 1 is 1.25 bits per heavy atom. The van der Waals surface area contributed by atoms with Gasteiger partial charge in [0, 0.05) is 0 Å². The highest BCUT2D eigenvalue weighted by Gasteiger charge is 2.32. The Labute approximate surface area is 118 Å². The summed E-state index contributed by atoms with van der Waals surface area (Å²) in [7, 11) is 0. The van der Waals surface area contributed by atoms with Gasteiger partial charge in [-0.05, 0) is 31.4 Å². The summed E-state index contributed by atoms with van der Waals surface area (Å²) in [5.74, 6) is 0.321. The number of carbonyl (C=O) groups excluding carboxylic acids is 1. The van der Waals surface area contributed by atoms with Gasteiger partial charge in [-0.2, -0.15) is 0 Å². The molecule has 0 radical (unpaired) electrons. The average molecular weight is 282 g/mol. The Morgan fingerprint density at radius 3 is 2.25 bits per heavy atom. The fraction of sp³-hybridized carbons (Fsp3) is 0.571. The van der Waals surface area contributed by atoms with Crippen LogP contribution >= 0.6 is 0 Å². The highest BCUT2D eigenvalue weighted by molar-refractivity contribution is 5.83. The molecule has 0 saturated heterocycles. The number of carbonyl (C=O) groups is 2. The van der Waals surface area contributed by atoms with E-state index in [0.29, 0.717) is 5.76 Å². The van der Waals surface area contributed by atoms with E-state index < -0.39 is 23.5 Å². The predicted octanol–water partition coefficient (Wildman–Crippen LogP) is 2.45. The topological polar surface area (TPSA) is 91.6 Å². The minimum atomic E-state index is -1.06. The van der Waals surface area contributed by atoms with Gasteiger partial charge in [-0.15, -0.1) is 0 Å². The standard InChI is InChI=1S/C14H22N2O4/c1-8-6-7-10(20-8)9(2)15-13(19)16-11(12(17)18)14(3,4)5/h6-7,9,11H,1-5H3,(H,17,18)(H2,15,16,19). The molecular formula is C14H22N2O4. The van der Waals surface area contributed by atoms with Crippen molar-refractivity contribution in [2.45, 2.75) is 46.7 Å². The molecule has 0 bridgehead atoms. The normalized spacial score (nSPS) is 14.4. The van der Waals surface area contributed by atoms with Gasteiger partial charge in [0.05, 0.1) is 6.04 Å². The predicted molar refractivity (Wildman–Crippen MR) is 74.4 cm³/mol. The third-order valence-corrected chi connectivity index (χ3v) is 2.92. The maximum atomic E-state index is 11.9. The molecular weight excluding hydrogens is 260 g/mol. The largest absolute Gasteiger partial charge is 0.480 e. The first kappa shape index (κ1) is 16.1. The molecule has 0 fully saturated rings. The molecule has 1 aromatic rings. The van der Waals surface area contributed by atoms with Gasteiger partial charge in [-0.1, -0.05) is 20.8 Å². The van der Waals surface area contributed by atoms with E-state index in [2.05, 4.69) is 10.6 Å². The second-order valence-corrected chi connectivity index (χ2v) is 5.93. The van der Waals surface area contributed by atoms with Crippen LogP contribution in [0.1, 0.15) is 45.3 Å². The van der Waals surface area contributed by atoms with Crippen LogP contribution in [0.3, 0.4) is 0 Å². The van der Waals surface area contributed by atoms with Crippen molar-refractivity contribution in [1.82, 2.24) is 10.6 Å². The molecule has 1 rings (SSSR count). The molecule has 0 aliphatic heterocycles. The number of hydrogen-bond donors (Lipinski definition) is 3. The van der Waals surface area contributed by atoms with Crippen molar-refractivity contribution in [1.29, 1.82) is 0 Å². The van der Waals surface area contributed by atoms with Crippen molar-refractivity contribution in [3.63, 3.8) is 0 Å². The molecule has 6 heteroatoms. The van der Waals surface area contributed by atoms with Gasteiger partial charge in [0.1, 0.15) is 17.6 Å². The summed E-state index contributed by atoms with van der Waals surface area (Å²) in [6, 6.07) is 1.75. The van der Waals surface area contributed by atoms with E-state index in [0.717, 1.165) is 5.76 Å². The maximum Gasteiger partial charge on any atom is 0.326 e. The fourth-order valence-corrected chi connectivity index (χ4v) is 1.78. The molecule has 1 heterocycles. The van der Waals surface area contributed by atoms with Crippen LogP contribution < -0.4 is 10.6 Å². The number of nitrogens with one attached hydrogen (secondary N) is 2. The lowest BCUT2D eigenvalue weighted by Gasteiger charge is -2.28. The van der Waals surface area contributed by atoms with Crippen molar-refractivity contribution in [3.8, 4) is 0 Å². The van der Waals surface area contributed by atoms with Crippen LogP contribution in [0.2, 0.25) is 0 Å². The van der Waals surface area contributed by atoms with Crippen LogP contribution in [-0.2, 0) is 4.79 Å². The summed E-state index contributed by atoms with van der Waals surface area (Å²) in [6.07, 6.45) is 0. The van der Waals surface area contributed by atoms with E-state index in [4.69, 9.17) is 9.52 Å². The number of carboxylic acids is 1. The van der Waals surface area contributed by atoms with Crippen LogP contribution in [0, 0.1) is 12.3 Å². The average Bonchev–Trinajstić information content (AvgIpc) is 2.70. The van der Waals surface area contributed by atoms with E-state index in [-0.39, 0.29) is 6.04 Å². The fourth-order valence-electron chi connectivity index (χ4n) is 1.78. The van der Waals surface area contributed by atoms with Crippen molar-refractivity contribution in [2.75, 3.05) is 0 Å². The van der Waals surface area contributed by atoms with Gasteiger partial charge in [-0.3, -0.25) is 0 Å². The highest BCUT2D eigenvalue weighted by atomic mass is 16.4. The number of amides is 2. The number of rotatable bonds is 4. The summed E-state index contributed by atoms with van der Waals surface area (Å²) >= 11 is 0. The zero-order valence-corrected chi connectivity index (χ0v) is 12.5. The molecule has 112 valence electrons. The molecule has 0 spiro atoms. The van der Waals surface area contributed by atoms with Gasteiger partial charge < -0.3 is 20.2 Å². The van der Waals surface area contributed by atoms with E-state index in [1.165, 1.54) is 0 Å². The number of hydrogen-bond acceptors (Lipinski definition) is 3. The molecule has 2 atom stereocenters. The Hall–Kier alpha value is -1.98. The smallest absolute Gasteiger partial charge is 0.326 e. The summed E-state index contributed by atoms with van der Waals surface area (Å²) in [5.41, 5.74) is -0.576. The number of carboxylic acid groups (broad SMARTS) is 1. The first-order valence-electron chi connectivity index (χ1n) is 6.47. The quantitative estimate of drug-likeness (QED) is 0.791. The Bertz CT molecular complexity index is 488. The van der Waals surface area contributed by atoms with Gasteiger partial charge in [-0.25, -0.2) is 9.59 Å². The van der Waals surface area contributed by atoms with E-state index in [1.54, 1.807) is 39.8 Å². The van der Waals surface area contributed by atoms with E-state index >= 15 is 0 Å². The van der Waals surface area contributed by atoms with Crippen molar-refractivity contribution >= 4 is 12.0 Å². The molecule has 1 aromatic heterocycles. The first-order valence-corrected chi connectivity index (χ1v) is 6.47. The van der Waals surface area contributed by atoms with Crippen LogP contribution in [0.5, 0.6) is 0 Å². The van der Waals surface area contributed by atoms with Crippen molar-refractivity contribution < 1.29 is 19.1 Å². The highest BCUT2D eigenvalue weighted by Crippen LogP contribution is 2.20. The van der Waals surface area contributed by atoms with Crippen LogP contribution in [0.25, 0.3) is 0 Å². The zero-order valence-electron chi connectivity index (χ0n) is 12.5. The third kappa shape index (κ3) is 4.29. The molecule has 6 nitrogen and oxygen atoms in total.